The Bertz CT molecular complexity index is 581. The van der Waals surface area contributed by atoms with Gasteiger partial charge in [-0.25, -0.2) is 0 Å². The van der Waals surface area contributed by atoms with Gasteiger partial charge >= 0.3 is 5.97 Å². The summed E-state index contributed by atoms with van der Waals surface area (Å²) in [6.45, 7) is 0.965. The maximum atomic E-state index is 11.6. The molecule has 0 amide bonds. The van der Waals surface area contributed by atoms with Crippen molar-refractivity contribution in [1.29, 1.82) is 5.26 Å². The first kappa shape index (κ1) is 15.9. The molecule has 0 bridgehead atoms. The fourth-order valence-electron chi connectivity index (χ4n) is 1.41. The highest BCUT2D eigenvalue weighted by Gasteiger charge is 2.14. The van der Waals surface area contributed by atoms with Crippen molar-refractivity contribution in [2.45, 2.75) is 13.3 Å². The molecule has 0 heterocycles. The van der Waals surface area contributed by atoms with Crippen LogP contribution in [0.25, 0.3) is 0 Å². The highest BCUT2D eigenvalue weighted by atomic mass is 79.9. The van der Waals surface area contributed by atoms with Gasteiger partial charge in [-0.2, -0.15) is 5.26 Å². The van der Waals surface area contributed by atoms with E-state index in [1.807, 2.05) is 12.1 Å². The molecule has 0 fully saturated rings. The van der Waals surface area contributed by atoms with Gasteiger partial charge in [0, 0.05) is 10.2 Å². The smallest absolute Gasteiger partial charge is 0.310 e. The van der Waals surface area contributed by atoms with Crippen LogP contribution in [0.1, 0.15) is 12.5 Å². The summed E-state index contributed by atoms with van der Waals surface area (Å²) < 4.78 is 5.74. The predicted octanol–water partition coefficient (Wildman–Crippen LogP) is 1.86. The van der Waals surface area contributed by atoms with Gasteiger partial charge in [0.15, 0.2) is 6.61 Å². The Hall–Kier alpha value is -2.13. The van der Waals surface area contributed by atoms with Crippen molar-refractivity contribution in [3.63, 3.8) is 0 Å². The summed E-state index contributed by atoms with van der Waals surface area (Å²) in [4.78, 5) is 23.1. The third kappa shape index (κ3) is 4.86. The number of Topliss-reactive ketones (excluding diaryl/α,β-unsaturated/α-hetero) is 1. The van der Waals surface area contributed by atoms with Crippen molar-refractivity contribution in [2.24, 2.45) is 5.73 Å². The van der Waals surface area contributed by atoms with Crippen LogP contribution >= 0.6 is 15.9 Å². The van der Waals surface area contributed by atoms with E-state index in [1.54, 1.807) is 18.2 Å². The van der Waals surface area contributed by atoms with Crippen LogP contribution in [-0.2, 0) is 20.7 Å². The zero-order valence-electron chi connectivity index (χ0n) is 10.9. The van der Waals surface area contributed by atoms with Crippen molar-refractivity contribution in [2.75, 3.05) is 6.61 Å². The molecule has 0 aliphatic heterocycles. The summed E-state index contributed by atoms with van der Waals surface area (Å²) >= 11 is 3.29. The minimum atomic E-state index is -0.600. The second-order valence-corrected chi connectivity index (χ2v) is 4.97. The second kappa shape index (κ2) is 7.46. The fraction of sp³-hybridized carbons (Fsp3) is 0.214. The Morgan fingerprint density at radius 3 is 2.45 bits per heavy atom. The third-order valence-corrected chi connectivity index (χ3v) is 2.94. The average molecular weight is 337 g/mol. The lowest BCUT2D eigenvalue weighted by Crippen LogP contribution is -2.18. The lowest BCUT2D eigenvalue weighted by Gasteiger charge is -2.05. The number of ketones is 1. The molecule has 104 valence electrons. The number of allylic oxidation sites excluding steroid dienone is 1. The topological polar surface area (TPSA) is 93.2 Å². The average Bonchev–Trinajstić information content (AvgIpc) is 2.39. The van der Waals surface area contributed by atoms with Crippen molar-refractivity contribution >= 4 is 27.7 Å². The van der Waals surface area contributed by atoms with Crippen LogP contribution in [0, 0.1) is 11.3 Å². The first-order valence-electron chi connectivity index (χ1n) is 5.73. The molecule has 0 radical (unpaired) electrons. The van der Waals surface area contributed by atoms with Crippen LogP contribution in [0.15, 0.2) is 40.0 Å². The maximum absolute atomic E-state index is 11.6. The minimum Gasteiger partial charge on any atom is -0.457 e. The molecule has 20 heavy (non-hydrogen) atoms. The predicted molar refractivity (Wildman–Crippen MR) is 76.3 cm³/mol. The Kier molecular flexibility index (Phi) is 5.94. The SMILES string of the molecule is C/C(N)=C(\C#N)C(=O)COC(=O)Cc1ccc(Br)cc1. The first-order valence-corrected chi connectivity index (χ1v) is 6.53. The molecule has 0 aliphatic rings. The van der Waals surface area contributed by atoms with E-state index < -0.39 is 18.4 Å². The van der Waals surface area contributed by atoms with Gasteiger partial charge in [-0.1, -0.05) is 28.1 Å². The summed E-state index contributed by atoms with van der Waals surface area (Å²) in [6.07, 6.45) is 0.0633. The molecular formula is C14H13BrN2O3. The molecule has 0 aliphatic carbocycles. The molecule has 0 saturated heterocycles. The quantitative estimate of drug-likeness (QED) is 0.503. The molecule has 0 aromatic heterocycles. The number of carbonyl (C=O) groups excluding carboxylic acids is 2. The lowest BCUT2D eigenvalue weighted by molar-refractivity contribution is -0.146. The minimum absolute atomic E-state index is 0.0633. The van der Waals surface area contributed by atoms with Gasteiger partial charge in [-0.15, -0.1) is 0 Å². The number of hydrogen-bond donors (Lipinski definition) is 1. The fourth-order valence-corrected chi connectivity index (χ4v) is 1.67. The Balaban J connectivity index is 2.52. The summed E-state index contributed by atoms with van der Waals surface area (Å²) in [5.74, 6) is -1.13. The van der Waals surface area contributed by atoms with Gasteiger partial charge in [0.2, 0.25) is 5.78 Å². The van der Waals surface area contributed by atoms with Crippen LogP contribution in [0.5, 0.6) is 0 Å². The van der Waals surface area contributed by atoms with Crippen LogP contribution in [0.4, 0.5) is 0 Å². The van der Waals surface area contributed by atoms with Gasteiger partial charge in [-0.05, 0) is 24.6 Å². The number of nitriles is 1. The van der Waals surface area contributed by atoms with Crippen LogP contribution in [0.2, 0.25) is 0 Å². The normalized spacial score (nSPS) is 11.2. The molecule has 6 heteroatoms. The monoisotopic (exact) mass is 336 g/mol. The Morgan fingerprint density at radius 1 is 1.35 bits per heavy atom. The molecule has 1 rings (SSSR count). The van der Waals surface area contributed by atoms with Gasteiger partial charge in [-0.3, -0.25) is 9.59 Å². The summed E-state index contributed by atoms with van der Waals surface area (Å²) in [6, 6.07) is 8.86. The first-order chi connectivity index (χ1) is 9.43. The highest BCUT2D eigenvalue weighted by Crippen LogP contribution is 2.11. The number of esters is 1. The molecule has 1 aromatic carbocycles. The number of rotatable bonds is 5. The summed E-state index contributed by atoms with van der Waals surface area (Å²) in [5.41, 5.74) is 6.09. The molecule has 5 nitrogen and oxygen atoms in total. The molecule has 2 N–H and O–H groups in total. The molecular weight excluding hydrogens is 324 g/mol. The number of benzene rings is 1. The number of ether oxygens (including phenoxy) is 1. The largest absolute Gasteiger partial charge is 0.457 e. The van der Waals surface area contributed by atoms with E-state index >= 15 is 0 Å². The Morgan fingerprint density at radius 2 is 1.95 bits per heavy atom. The number of nitrogens with two attached hydrogens (primary N) is 1. The molecule has 0 saturated carbocycles. The van der Waals surface area contributed by atoms with Crippen molar-refractivity contribution in [1.82, 2.24) is 0 Å². The van der Waals surface area contributed by atoms with Gasteiger partial charge < -0.3 is 10.5 Å². The van der Waals surface area contributed by atoms with E-state index in [9.17, 15) is 9.59 Å². The molecule has 1 aromatic rings. The standard InChI is InChI=1S/C14H13BrN2O3/c1-9(17)12(7-16)13(18)8-20-14(19)6-10-2-4-11(15)5-3-10/h2-5H,6,8,17H2,1H3/b12-9-. The van der Waals surface area contributed by atoms with E-state index in [4.69, 9.17) is 15.7 Å². The Labute approximate surface area is 125 Å². The number of nitrogens with zero attached hydrogens (tertiary/aromatic N) is 1. The van der Waals surface area contributed by atoms with Gasteiger partial charge in [0.1, 0.15) is 11.6 Å². The maximum Gasteiger partial charge on any atom is 0.310 e. The molecule has 0 spiro atoms. The van der Waals surface area contributed by atoms with Crippen LogP contribution in [-0.4, -0.2) is 18.4 Å². The highest BCUT2D eigenvalue weighted by molar-refractivity contribution is 9.10. The van der Waals surface area contributed by atoms with Crippen LogP contribution < -0.4 is 5.73 Å². The van der Waals surface area contributed by atoms with E-state index in [0.717, 1.165) is 10.0 Å². The van der Waals surface area contributed by atoms with E-state index in [-0.39, 0.29) is 17.7 Å². The molecule has 0 unspecified atom stereocenters. The van der Waals surface area contributed by atoms with E-state index in [1.165, 1.54) is 6.92 Å². The van der Waals surface area contributed by atoms with Gasteiger partial charge in [0.25, 0.3) is 0 Å². The van der Waals surface area contributed by atoms with E-state index in [2.05, 4.69) is 15.9 Å². The number of carbonyl (C=O) groups is 2. The zero-order valence-corrected chi connectivity index (χ0v) is 12.4. The third-order valence-electron chi connectivity index (χ3n) is 2.41. The van der Waals surface area contributed by atoms with Crippen molar-refractivity contribution < 1.29 is 14.3 Å². The van der Waals surface area contributed by atoms with Gasteiger partial charge in [0.05, 0.1) is 6.42 Å². The van der Waals surface area contributed by atoms with Crippen LogP contribution in [0.3, 0.4) is 0 Å². The summed E-state index contributed by atoms with van der Waals surface area (Å²) in [5, 5.41) is 8.74. The van der Waals surface area contributed by atoms with Crippen molar-refractivity contribution in [3.05, 3.63) is 45.6 Å². The summed E-state index contributed by atoms with van der Waals surface area (Å²) in [7, 11) is 0. The number of hydrogen-bond acceptors (Lipinski definition) is 5. The zero-order chi connectivity index (χ0) is 15.1. The number of halogens is 1. The van der Waals surface area contributed by atoms with Crippen molar-refractivity contribution in [3.8, 4) is 6.07 Å². The molecule has 0 atom stereocenters. The lowest BCUT2D eigenvalue weighted by atomic mass is 10.1. The second-order valence-electron chi connectivity index (χ2n) is 4.06. The van der Waals surface area contributed by atoms with E-state index in [0.29, 0.717) is 0 Å².